The molecule has 2 aromatic rings. The number of carbonyl (C=O) groups excluding carboxylic acids is 1. The number of carbonyl (C=O) groups is 2. The van der Waals surface area contributed by atoms with Crippen molar-refractivity contribution < 1.29 is 19.2 Å². The Balaban J connectivity index is 1.50. The van der Waals surface area contributed by atoms with Crippen LogP contribution in [-0.4, -0.2) is 27.1 Å². The number of hydrogen-bond donors (Lipinski definition) is 2. The maximum absolute atomic E-state index is 12.7. The number of aryl methyl sites for hydroxylation is 1. The minimum atomic E-state index is -0.938. The van der Waals surface area contributed by atoms with Gasteiger partial charge in [0.1, 0.15) is 5.76 Å². The fourth-order valence-electron chi connectivity index (χ4n) is 4.96. The van der Waals surface area contributed by atoms with E-state index in [0.29, 0.717) is 29.1 Å². The highest BCUT2D eigenvalue weighted by Gasteiger charge is 2.42. The number of nitrogens with one attached hydrogen (secondary N) is 1. The van der Waals surface area contributed by atoms with E-state index in [9.17, 15) is 14.7 Å². The molecular formula is C25H33N3O4. The SMILES string of the molecule is Cc1ccc(NC(=O)C[C@H](CC(=O)O)c2noc([C@H]3C[C@@H](CC(C)C)C3)c2C2CC2)cn1. The summed E-state index contributed by atoms with van der Waals surface area (Å²) in [6.07, 6.45) is 7.10. The maximum atomic E-state index is 12.7. The van der Waals surface area contributed by atoms with Gasteiger partial charge in [0.05, 0.1) is 24.0 Å². The van der Waals surface area contributed by atoms with E-state index in [1.54, 1.807) is 12.3 Å². The van der Waals surface area contributed by atoms with Gasteiger partial charge in [-0.25, -0.2) is 0 Å². The number of hydrogen-bond acceptors (Lipinski definition) is 5. The van der Waals surface area contributed by atoms with E-state index < -0.39 is 11.9 Å². The molecule has 4 rings (SSSR count). The van der Waals surface area contributed by atoms with Crippen LogP contribution in [0.15, 0.2) is 22.9 Å². The molecule has 2 heterocycles. The van der Waals surface area contributed by atoms with Crippen molar-refractivity contribution in [3.05, 3.63) is 41.0 Å². The van der Waals surface area contributed by atoms with Gasteiger partial charge in [-0.1, -0.05) is 19.0 Å². The molecule has 2 aliphatic rings. The minimum Gasteiger partial charge on any atom is -0.481 e. The van der Waals surface area contributed by atoms with Crippen molar-refractivity contribution in [1.29, 1.82) is 0 Å². The molecule has 7 heteroatoms. The van der Waals surface area contributed by atoms with Crippen LogP contribution in [0.4, 0.5) is 5.69 Å². The molecule has 32 heavy (non-hydrogen) atoms. The number of pyridine rings is 1. The minimum absolute atomic E-state index is 0.0481. The third-order valence-corrected chi connectivity index (χ3v) is 6.62. The van der Waals surface area contributed by atoms with Gasteiger partial charge in [0.15, 0.2) is 0 Å². The maximum Gasteiger partial charge on any atom is 0.304 e. The lowest BCUT2D eigenvalue weighted by Gasteiger charge is -2.35. The summed E-state index contributed by atoms with van der Waals surface area (Å²) < 4.78 is 5.85. The van der Waals surface area contributed by atoms with Crippen LogP contribution in [0.1, 0.15) is 99.3 Å². The van der Waals surface area contributed by atoms with E-state index >= 15 is 0 Å². The molecule has 0 unspecified atom stereocenters. The predicted molar refractivity (Wildman–Crippen MR) is 121 cm³/mol. The first-order valence-electron chi connectivity index (χ1n) is 11.7. The van der Waals surface area contributed by atoms with Gasteiger partial charge in [-0.2, -0.15) is 0 Å². The Labute approximate surface area is 189 Å². The molecule has 2 aliphatic carbocycles. The van der Waals surface area contributed by atoms with E-state index in [1.165, 1.54) is 6.42 Å². The first-order valence-corrected chi connectivity index (χ1v) is 11.7. The van der Waals surface area contributed by atoms with Crippen molar-refractivity contribution in [3.63, 3.8) is 0 Å². The molecule has 0 aromatic carbocycles. The van der Waals surface area contributed by atoms with Gasteiger partial charge in [0.2, 0.25) is 5.91 Å². The summed E-state index contributed by atoms with van der Waals surface area (Å²) >= 11 is 0. The van der Waals surface area contributed by atoms with Crippen LogP contribution in [0.5, 0.6) is 0 Å². The average Bonchev–Trinajstić information content (AvgIpc) is 3.44. The lowest BCUT2D eigenvalue weighted by Crippen LogP contribution is -2.24. The zero-order valence-corrected chi connectivity index (χ0v) is 19.1. The average molecular weight is 440 g/mol. The molecule has 0 aliphatic heterocycles. The second-order valence-corrected chi connectivity index (χ2v) is 10.0. The van der Waals surface area contributed by atoms with Gasteiger partial charge < -0.3 is 14.9 Å². The third kappa shape index (κ3) is 5.37. The first kappa shape index (κ1) is 22.5. The first-order chi connectivity index (χ1) is 15.3. The Morgan fingerprint density at radius 1 is 1.19 bits per heavy atom. The Kier molecular flexibility index (Phi) is 6.63. The molecule has 0 radical (unpaired) electrons. The molecule has 2 saturated carbocycles. The zero-order valence-electron chi connectivity index (χ0n) is 19.1. The molecule has 2 aromatic heterocycles. The fourth-order valence-corrected chi connectivity index (χ4v) is 4.96. The summed E-state index contributed by atoms with van der Waals surface area (Å²) in [5.41, 5.74) is 3.23. The molecular weight excluding hydrogens is 406 g/mol. The predicted octanol–water partition coefficient (Wildman–Crippen LogP) is 5.38. The largest absolute Gasteiger partial charge is 0.481 e. The number of carboxylic acids is 1. The Bertz CT molecular complexity index is 956. The number of aliphatic carboxylic acids is 1. The molecule has 172 valence electrons. The summed E-state index contributed by atoms with van der Waals surface area (Å²) in [6.45, 7) is 6.39. The lowest BCUT2D eigenvalue weighted by atomic mass is 9.69. The second kappa shape index (κ2) is 9.43. The summed E-state index contributed by atoms with van der Waals surface area (Å²) in [5, 5.41) is 16.7. The second-order valence-electron chi connectivity index (χ2n) is 10.0. The van der Waals surface area contributed by atoms with Crippen LogP contribution >= 0.6 is 0 Å². The van der Waals surface area contributed by atoms with Crippen LogP contribution in [-0.2, 0) is 9.59 Å². The summed E-state index contributed by atoms with van der Waals surface area (Å²) in [7, 11) is 0. The molecule has 1 amide bonds. The highest BCUT2D eigenvalue weighted by Crippen LogP contribution is 2.52. The van der Waals surface area contributed by atoms with Gasteiger partial charge >= 0.3 is 5.97 Å². The zero-order chi connectivity index (χ0) is 22.8. The van der Waals surface area contributed by atoms with Crippen molar-refractivity contribution in [3.8, 4) is 0 Å². The van der Waals surface area contributed by atoms with Gasteiger partial charge in [-0.15, -0.1) is 0 Å². The number of nitrogens with zero attached hydrogens (tertiary/aromatic N) is 2. The van der Waals surface area contributed by atoms with Crippen molar-refractivity contribution >= 4 is 17.6 Å². The van der Waals surface area contributed by atoms with Gasteiger partial charge in [0.25, 0.3) is 0 Å². The van der Waals surface area contributed by atoms with E-state index in [-0.39, 0.29) is 18.7 Å². The summed E-state index contributed by atoms with van der Waals surface area (Å²) in [5.74, 6) is 1.43. The Morgan fingerprint density at radius 3 is 2.53 bits per heavy atom. The van der Waals surface area contributed by atoms with Crippen LogP contribution in [0.3, 0.4) is 0 Å². The third-order valence-electron chi connectivity index (χ3n) is 6.62. The van der Waals surface area contributed by atoms with E-state index in [4.69, 9.17) is 4.52 Å². The van der Waals surface area contributed by atoms with Crippen LogP contribution in [0.2, 0.25) is 0 Å². The quantitative estimate of drug-likeness (QED) is 0.515. The normalized spacial score (nSPS) is 21.2. The summed E-state index contributed by atoms with van der Waals surface area (Å²) in [6, 6.07) is 3.62. The summed E-state index contributed by atoms with van der Waals surface area (Å²) in [4.78, 5) is 28.5. The lowest BCUT2D eigenvalue weighted by molar-refractivity contribution is -0.137. The van der Waals surface area contributed by atoms with E-state index in [2.05, 4.69) is 29.3 Å². The smallest absolute Gasteiger partial charge is 0.304 e. The van der Waals surface area contributed by atoms with Crippen molar-refractivity contribution in [1.82, 2.24) is 10.1 Å². The Morgan fingerprint density at radius 2 is 1.94 bits per heavy atom. The topological polar surface area (TPSA) is 105 Å². The van der Waals surface area contributed by atoms with Crippen molar-refractivity contribution in [2.75, 3.05) is 5.32 Å². The Hall–Kier alpha value is -2.70. The van der Waals surface area contributed by atoms with Crippen LogP contribution in [0.25, 0.3) is 0 Å². The number of amides is 1. The highest BCUT2D eigenvalue weighted by atomic mass is 16.5. The number of aromatic nitrogens is 2. The van der Waals surface area contributed by atoms with Crippen molar-refractivity contribution in [2.45, 2.75) is 83.5 Å². The van der Waals surface area contributed by atoms with Gasteiger partial charge in [-0.05, 0) is 68.9 Å². The molecule has 7 nitrogen and oxygen atoms in total. The van der Waals surface area contributed by atoms with E-state index in [1.807, 2.05) is 13.0 Å². The van der Waals surface area contributed by atoms with Crippen LogP contribution < -0.4 is 5.32 Å². The molecule has 0 spiro atoms. The van der Waals surface area contributed by atoms with Gasteiger partial charge in [0, 0.05) is 29.5 Å². The number of carboxylic acid groups (broad SMARTS) is 1. The monoisotopic (exact) mass is 439 g/mol. The molecule has 2 N–H and O–H groups in total. The molecule has 0 bridgehead atoms. The highest BCUT2D eigenvalue weighted by molar-refractivity contribution is 5.91. The molecule has 1 atom stereocenters. The standard InChI is InChI=1S/C25H33N3O4/c1-14(2)8-16-9-19(10-16)25-23(17-5-6-17)24(28-32-25)18(12-22(30)31)11-21(29)27-20-7-4-15(3)26-13-20/h4,7,13-14,16-19H,5-6,8-12H2,1-3H3,(H,27,29)(H,30,31)/t16-,18-,19+/m1/s1. The fraction of sp³-hybridized carbons (Fsp3) is 0.600. The number of rotatable bonds is 10. The number of anilines is 1. The van der Waals surface area contributed by atoms with Gasteiger partial charge in [-0.3, -0.25) is 14.6 Å². The molecule has 2 fully saturated rings. The molecule has 0 saturated heterocycles. The van der Waals surface area contributed by atoms with Crippen molar-refractivity contribution in [2.24, 2.45) is 11.8 Å². The van der Waals surface area contributed by atoms with E-state index in [0.717, 1.165) is 48.6 Å². The van der Waals surface area contributed by atoms with Crippen LogP contribution in [0, 0.1) is 18.8 Å².